The molecule has 0 spiro atoms. The highest BCUT2D eigenvalue weighted by Gasteiger charge is 2.41. The van der Waals surface area contributed by atoms with Crippen LogP contribution in [0.5, 0.6) is 0 Å². The Morgan fingerprint density at radius 1 is 1.00 bits per heavy atom. The molecule has 2 aliphatic heterocycles. The smallest absolute Gasteiger partial charge is 0.0656 e. The Morgan fingerprint density at radius 2 is 1.56 bits per heavy atom. The van der Waals surface area contributed by atoms with E-state index in [-0.39, 0.29) is 0 Å². The van der Waals surface area contributed by atoms with Gasteiger partial charge in [-0.05, 0) is 10.5 Å². The van der Waals surface area contributed by atoms with Crippen molar-refractivity contribution in [1.29, 1.82) is 0 Å². The molecule has 2 bridgehead atoms. The molecule has 1 aromatic rings. The maximum Gasteiger partial charge on any atom is 0.183 e. The highest BCUT2D eigenvalue weighted by Crippen LogP contribution is 2.50. The molecule has 2 heterocycles. The highest BCUT2D eigenvalue weighted by molar-refractivity contribution is 9.11. The zero-order valence-corrected chi connectivity index (χ0v) is 12.4. The second kappa shape index (κ2) is 5.65. The minimum absolute atomic E-state index is 0.800. The summed E-state index contributed by atoms with van der Waals surface area (Å²) in [6, 6.07) is 10.9. The average Bonchev–Trinajstić information content (AvgIpc) is 2.40. The molecule has 2 saturated heterocycles. The molecule has 0 saturated carbocycles. The van der Waals surface area contributed by atoms with Crippen LogP contribution in [0, 0.1) is 0 Å². The molecule has 0 nitrogen and oxygen atoms in total. The molecule has 2 fully saturated rings. The maximum atomic E-state index is 3.63. The first-order chi connectivity index (χ1) is 8.90. The van der Waals surface area contributed by atoms with Gasteiger partial charge in [-0.25, -0.2) is 0 Å². The summed E-state index contributed by atoms with van der Waals surface area (Å²) in [6.45, 7) is 0.800. The summed E-state index contributed by atoms with van der Waals surface area (Å²) < 4.78 is 0. The number of benzene rings is 1. The van der Waals surface area contributed by atoms with Crippen molar-refractivity contribution in [2.45, 2.75) is 50.2 Å². The molecule has 18 heavy (non-hydrogen) atoms. The van der Waals surface area contributed by atoms with Gasteiger partial charge < -0.3 is 0 Å². The van der Waals surface area contributed by atoms with E-state index in [1.165, 1.54) is 44.1 Å². The average molecular weight is 303 g/mol. The second-order valence-electron chi connectivity index (χ2n) is 5.84. The summed E-state index contributed by atoms with van der Waals surface area (Å²) in [5, 5.41) is 0. The van der Waals surface area contributed by atoms with Crippen molar-refractivity contribution in [2.75, 3.05) is 0 Å². The SMILES string of the molecule is Br/C=C(/B1C2CCCC1CCC2)c1ccccc1. The molecule has 2 heteroatoms. The van der Waals surface area contributed by atoms with Crippen LogP contribution in [0.15, 0.2) is 35.3 Å². The molecular weight excluding hydrogens is 283 g/mol. The van der Waals surface area contributed by atoms with E-state index in [4.69, 9.17) is 0 Å². The van der Waals surface area contributed by atoms with Gasteiger partial charge in [0.2, 0.25) is 0 Å². The van der Waals surface area contributed by atoms with Gasteiger partial charge in [0.1, 0.15) is 0 Å². The third kappa shape index (κ3) is 2.32. The van der Waals surface area contributed by atoms with Crippen molar-refractivity contribution in [1.82, 2.24) is 0 Å². The van der Waals surface area contributed by atoms with E-state index >= 15 is 0 Å². The van der Waals surface area contributed by atoms with Gasteiger partial charge in [-0.2, -0.15) is 0 Å². The standard InChI is InChI=1S/C16H20BBr/c18-12-16(13-6-2-1-3-7-13)17-14-8-4-9-15(17)11-5-10-14/h1-3,6-7,12,14-15H,4-5,8-11H2/b16-12+. The van der Waals surface area contributed by atoms with Crippen LogP contribution in [-0.4, -0.2) is 6.71 Å². The molecule has 0 atom stereocenters. The van der Waals surface area contributed by atoms with Crippen molar-refractivity contribution in [3.8, 4) is 0 Å². The highest BCUT2D eigenvalue weighted by atomic mass is 79.9. The zero-order valence-electron chi connectivity index (χ0n) is 10.8. The number of halogens is 1. The van der Waals surface area contributed by atoms with E-state index in [2.05, 4.69) is 51.2 Å². The minimum Gasteiger partial charge on any atom is -0.0656 e. The fraction of sp³-hybridized carbons (Fsp3) is 0.500. The van der Waals surface area contributed by atoms with Gasteiger partial charge in [-0.3, -0.25) is 0 Å². The quantitative estimate of drug-likeness (QED) is 0.627. The molecule has 3 rings (SSSR count). The number of rotatable bonds is 2. The van der Waals surface area contributed by atoms with E-state index < -0.39 is 0 Å². The van der Waals surface area contributed by atoms with Crippen LogP contribution in [0.25, 0.3) is 5.47 Å². The van der Waals surface area contributed by atoms with E-state index in [0.717, 1.165) is 18.3 Å². The monoisotopic (exact) mass is 302 g/mol. The van der Waals surface area contributed by atoms with Crippen LogP contribution in [0.4, 0.5) is 0 Å². The van der Waals surface area contributed by atoms with E-state index in [1.54, 1.807) is 5.47 Å². The normalized spacial score (nSPS) is 28.3. The molecular formula is C16H20BBr. The lowest BCUT2D eigenvalue weighted by molar-refractivity contribution is 0.448. The first kappa shape index (κ1) is 12.5. The summed E-state index contributed by atoms with van der Waals surface area (Å²) in [5.74, 6) is 1.86. The van der Waals surface area contributed by atoms with Crippen molar-refractivity contribution < 1.29 is 0 Å². The molecule has 1 aromatic carbocycles. The lowest BCUT2D eigenvalue weighted by Crippen LogP contribution is -2.35. The maximum absolute atomic E-state index is 3.63. The summed E-state index contributed by atoms with van der Waals surface area (Å²) in [7, 11) is 0. The Hall–Kier alpha value is -0.495. The number of hydrogen-bond acceptors (Lipinski definition) is 0. The van der Waals surface area contributed by atoms with Gasteiger partial charge in [-0.15, -0.1) is 0 Å². The Morgan fingerprint density at radius 3 is 2.06 bits per heavy atom. The Bertz CT molecular complexity index is 404. The topological polar surface area (TPSA) is 0 Å². The van der Waals surface area contributed by atoms with E-state index in [9.17, 15) is 0 Å². The van der Waals surface area contributed by atoms with Crippen molar-refractivity contribution >= 4 is 28.1 Å². The first-order valence-corrected chi connectivity index (χ1v) is 8.17. The van der Waals surface area contributed by atoms with Crippen LogP contribution in [0.1, 0.15) is 44.1 Å². The molecule has 0 radical (unpaired) electrons. The predicted molar refractivity (Wildman–Crippen MR) is 84.3 cm³/mol. The summed E-state index contributed by atoms with van der Waals surface area (Å²) in [6.07, 6.45) is 8.68. The van der Waals surface area contributed by atoms with Crippen molar-refractivity contribution in [3.05, 3.63) is 40.9 Å². The second-order valence-corrected chi connectivity index (χ2v) is 6.30. The summed E-state index contributed by atoms with van der Waals surface area (Å²) in [4.78, 5) is 2.20. The summed E-state index contributed by atoms with van der Waals surface area (Å²) >= 11 is 3.63. The van der Waals surface area contributed by atoms with E-state index in [1.807, 2.05) is 0 Å². The van der Waals surface area contributed by atoms with Crippen molar-refractivity contribution in [2.24, 2.45) is 0 Å². The fourth-order valence-corrected chi connectivity index (χ4v) is 4.71. The van der Waals surface area contributed by atoms with Crippen LogP contribution >= 0.6 is 15.9 Å². The Kier molecular flexibility index (Phi) is 3.93. The third-order valence-corrected chi connectivity index (χ3v) is 5.39. The molecule has 0 amide bonds. The summed E-state index contributed by atoms with van der Waals surface area (Å²) in [5.41, 5.74) is 2.96. The minimum atomic E-state index is 0.800. The first-order valence-electron chi connectivity index (χ1n) is 7.26. The van der Waals surface area contributed by atoms with Gasteiger partial charge >= 0.3 is 0 Å². The van der Waals surface area contributed by atoms with Gasteiger partial charge in [0, 0.05) is 0 Å². The number of hydrogen-bond donors (Lipinski definition) is 0. The van der Waals surface area contributed by atoms with Gasteiger partial charge in [0.15, 0.2) is 6.71 Å². The molecule has 0 aliphatic carbocycles. The Labute approximate surface area is 119 Å². The third-order valence-electron chi connectivity index (χ3n) is 4.90. The molecule has 0 unspecified atom stereocenters. The molecule has 2 aliphatic rings. The predicted octanol–water partition coefficient (Wildman–Crippen LogP) is 5.56. The van der Waals surface area contributed by atoms with Crippen LogP contribution in [0.2, 0.25) is 11.6 Å². The molecule has 94 valence electrons. The molecule has 0 aromatic heterocycles. The van der Waals surface area contributed by atoms with Gasteiger partial charge in [-0.1, -0.05) is 102 Å². The van der Waals surface area contributed by atoms with Crippen molar-refractivity contribution in [3.63, 3.8) is 0 Å². The molecule has 0 N–H and O–H groups in total. The van der Waals surface area contributed by atoms with Crippen LogP contribution in [0.3, 0.4) is 0 Å². The van der Waals surface area contributed by atoms with Crippen LogP contribution < -0.4 is 0 Å². The fourth-order valence-electron chi connectivity index (χ4n) is 4.14. The van der Waals surface area contributed by atoms with Crippen LogP contribution in [-0.2, 0) is 0 Å². The largest absolute Gasteiger partial charge is 0.183 e. The lowest BCUT2D eigenvalue weighted by Gasteiger charge is -2.41. The van der Waals surface area contributed by atoms with Gasteiger partial charge in [0.05, 0.1) is 0 Å². The number of fused-ring (bicyclic) bond motifs is 2. The van der Waals surface area contributed by atoms with Gasteiger partial charge in [0.25, 0.3) is 0 Å². The zero-order chi connectivity index (χ0) is 12.4. The van der Waals surface area contributed by atoms with E-state index in [0.29, 0.717) is 0 Å². The lowest BCUT2D eigenvalue weighted by atomic mass is 9.24. The Balaban J connectivity index is 1.92.